The van der Waals surface area contributed by atoms with Crippen molar-refractivity contribution >= 4 is 0 Å². The maximum Gasteiger partial charge on any atom is -0.00327 e. The molecule has 0 bridgehead atoms. The molecule has 1 atom stereocenters. The molecule has 58 valence electrons. The van der Waals surface area contributed by atoms with Crippen LogP contribution < -0.4 is 5.73 Å². The van der Waals surface area contributed by atoms with Crippen molar-refractivity contribution in [2.75, 3.05) is 0 Å². The molecular weight excluding hydrogens is 122 g/mol. The zero-order valence-electron chi connectivity index (χ0n) is 7.09. The molecule has 0 aromatic rings. The second-order valence-corrected chi connectivity index (χ2v) is 2.66. The fourth-order valence-electron chi connectivity index (χ4n) is 0.508. The molecule has 0 amide bonds. The van der Waals surface area contributed by atoms with Crippen molar-refractivity contribution in [1.82, 2.24) is 0 Å². The highest BCUT2D eigenvalue weighted by Gasteiger charge is 1.89. The van der Waals surface area contributed by atoms with Crippen molar-refractivity contribution in [2.24, 2.45) is 11.7 Å². The minimum Gasteiger partial charge on any atom is -0.404 e. The highest BCUT2D eigenvalue weighted by Crippen LogP contribution is 2.03. The van der Waals surface area contributed by atoms with E-state index >= 15 is 0 Å². The van der Waals surface area contributed by atoms with Gasteiger partial charge in [-0.2, -0.15) is 0 Å². The smallest absolute Gasteiger partial charge is 0.00327 e. The molecule has 0 heterocycles. The number of hydrogen-bond donors (Lipinski definition) is 1. The summed E-state index contributed by atoms with van der Waals surface area (Å²) >= 11 is 0. The fourth-order valence-corrected chi connectivity index (χ4v) is 0.508. The molecule has 0 aliphatic rings. The second-order valence-electron chi connectivity index (χ2n) is 2.66. The summed E-state index contributed by atoms with van der Waals surface area (Å²) in [6.07, 6.45) is 7.06. The van der Waals surface area contributed by atoms with Crippen molar-refractivity contribution in [1.29, 1.82) is 0 Å². The summed E-state index contributed by atoms with van der Waals surface area (Å²) in [7, 11) is 0. The molecule has 1 unspecified atom stereocenters. The molecule has 0 aliphatic heterocycles. The molecule has 0 saturated carbocycles. The Balaban J connectivity index is 3.75. The van der Waals surface area contributed by atoms with Crippen LogP contribution in [0.1, 0.15) is 27.2 Å². The first-order valence-electron chi connectivity index (χ1n) is 3.77. The van der Waals surface area contributed by atoms with Gasteiger partial charge in [-0.05, 0) is 24.6 Å². The van der Waals surface area contributed by atoms with Crippen LogP contribution in [0.15, 0.2) is 23.9 Å². The largest absolute Gasteiger partial charge is 0.404 e. The van der Waals surface area contributed by atoms with Crippen molar-refractivity contribution in [2.45, 2.75) is 27.2 Å². The van der Waals surface area contributed by atoms with E-state index in [1.165, 1.54) is 6.42 Å². The van der Waals surface area contributed by atoms with E-state index in [1.54, 1.807) is 6.20 Å². The topological polar surface area (TPSA) is 26.0 Å². The molecule has 0 aliphatic carbocycles. The molecule has 2 N–H and O–H groups in total. The first-order valence-corrected chi connectivity index (χ1v) is 3.77. The zero-order chi connectivity index (χ0) is 7.98. The quantitative estimate of drug-likeness (QED) is 0.597. The fraction of sp³-hybridized carbons (Fsp3) is 0.556. The Morgan fingerprint density at radius 2 is 2.20 bits per heavy atom. The lowest BCUT2D eigenvalue weighted by molar-refractivity contribution is 0.698. The van der Waals surface area contributed by atoms with Gasteiger partial charge in [0.2, 0.25) is 0 Å². The average molecular weight is 139 g/mol. The molecule has 0 radical (unpaired) electrons. The van der Waals surface area contributed by atoms with Crippen molar-refractivity contribution < 1.29 is 0 Å². The van der Waals surface area contributed by atoms with Gasteiger partial charge >= 0.3 is 0 Å². The van der Waals surface area contributed by atoms with Gasteiger partial charge in [0.05, 0.1) is 0 Å². The van der Waals surface area contributed by atoms with Gasteiger partial charge < -0.3 is 5.73 Å². The Labute approximate surface area is 63.6 Å². The van der Waals surface area contributed by atoms with Crippen LogP contribution >= 0.6 is 0 Å². The third kappa shape index (κ3) is 4.19. The summed E-state index contributed by atoms with van der Waals surface area (Å²) in [6.45, 7) is 6.37. The first-order chi connectivity index (χ1) is 4.70. The van der Waals surface area contributed by atoms with Crippen LogP contribution in [0, 0.1) is 5.92 Å². The number of hydrogen-bond acceptors (Lipinski definition) is 1. The van der Waals surface area contributed by atoms with Gasteiger partial charge in [0.25, 0.3) is 0 Å². The van der Waals surface area contributed by atoms with E-state index in [9.17, 15) is 0 Å². The van der Waals surface area contributed by atoms with E-state index in [2.05, 4.69) is 26.0 Å². The van der Waals surface area contributed by atoms with Crippen molar-refractivity contribution in [3.05, 3.63) is 23.9 Å². The summed E-state index contributed by atoms with van der Waals surface area (Å²) in [6, 6.07) is 0. The van der Waals surface area contributed by atoms with Gasteiger partial charge in [-0.3, -0.25) is 0 Å². The number of nitrogens with two attached hydrogens (primary N) is 1. The molecule has 10 heavy (non-hydrogen) atoms. The highest BCUT2D eigenvalue weighted by molar-refractivity contribution is 5.14. The molecule has 1 heteroatoms. The lowest BCUT2D eigenvalue weighted by Gasteiger charge is -1.98. The van der Waals surface area contributed by atoms with Crippen LogP contribution in [0.25, 0.3) is 0 Å². The Bertz CT molecular complexity index is 134. The zero-order valence-corrected chi connectivity index (χ0v) is 7.09. The van der Waals surface area contributed by atoms with Crippen LogP contribution in [0.2, 0.25) is 0 Å². The normalized spacial score (nSPS) is 16.1. The summed E-state index contributed by atoms with van der Waals surface area (Å²) in [4.78, 5) is 0. The molecule has 0 saturated heterocycles. The van der Waals surface area contributed by atoms with Crippen molar-refractivity contribution in [3.8, 4) is 0 Å². The minimum atomic E-state index is 0.662. The number of allylic oxidation sites excluding steroid dienone is 3. The molecular formula is C9H17N. The van der Waals surface area contributed by atoms with E-state index < -0.39 is 0 Å². The Morgan fingerprint density at radius 1 is 1.60 bits per heavy atom. The number of rotatable bonds is 3. The second kappa shape index (κ2) is 5.10. The maximum absolute atomic E-state index is 5.29. The van der Waals surface area contributed by atoms with Gasteiger partial charge in [-0.15, -0.1) is 0 Å². The van der Waals surface area contributed by atoms with Gasteiger partial charge in [0.1, 0.15) is 0 Å². The van der Waals surface area contributed by atoms with Crippen LogP contribution in [0.5, 0.6) is 0 Å². The average Bonchev–Trinajstić information content (AvgIpc) is 1.99. The van der Waals surface area contributed by atoms with Gasteiger partial charge in [0, 0.05) is 0 Å². The van der Waals surface area contributed by atoms with Crippen LogP contribution in [0.3, 0.4) is 0 Å². The predicted molar refractivity (Wildman–Crippen MR) is 46.5 cm³/mol. The summed E-state index contributed by atoms with van der Waals surface area (Å²) in [5, 5.41) is 0. The predicted octanol–water partition coefficient (Wildman–Crippen LogP) is 2.45. The molecule has 1 nitrogen and oxygen atoms in total. The molecule has 0 aromatic heterocycles. The summed E-state index contributed by atoms with van der Waals surface area (Å²) in [5.41, 5.74) is 6.41. The Hall–Kier alpha value is -0.720. The van der Waals surface area contributed by atoms with Gasteiger partial charge in [-0.25, -0.2) is 0 Å². The summed E-state index contributed by atoms with van der Waals surface area (Å²) in [5.74, 6) is 0.662. The monoisotopic (exact) mass is 139 g/mol. The van der Waals surface area contributed by atoms with E-state index in [0.717, 1.165) is 5.57 Å². The third-order valence-corrected chi connectivity index (χ3v) is 1.59. The molecule has 0 aromatic carbocycles. The van der Waals surface area contributed by atoms with Gasteiger partial charge in [-0.1, -0.05) is 32.4 Å². The van der Waals surface area contributed by atoms with Gasteiger partial charge in [0.15, 0.2) is 0 Å². The highest BCUT2D eigenvalue weighted by atomic mass is 14.5. The van der Waals surface area contributed by atoms with E-state index in [0.29, 0.717) is 5.92 Å². The molecule has 0 spiro atoms. The third-order valence-electron chi connectivity index (χ3n) is 1.59. The lowest BCUT2D eigenvalue weighted by Crippen LogP contribution is -1.85. The minimum absolute atomic E-state index is 0.662. The van der Waals surface area contributed by atoms with Crippen molar-refractivity contribution in [3.63, 3.8) is 0 Å². The Morgan fingerprint density at radius 3 is 2.60 bits per heavy atom. The van der Waals surface area contributed by atoms with Crippen LogP contribution in [-0.2, 0) is 0 Å². The first kappa shape index (κ1) is 9.28. The van der Waals surface area contributed by atoms with Crippen LogP contribution in [-0.4, -0.2) is 0 Å². The molecule has 0 fully saturated rings. The maximum atomic E-state index is 5.29. The lowest BCUT2D eigenvalue weighted by atomic mass is 10.1. The SMILES string of the molecule is CCC(C)/C=C\C(C)=C/N. The standard InChI is InChI=1S/C9H17N/c1-4-8(2)5-6-9(3)7-10/h5-8H,4,10H2,1-3H3/b6-5-,9-7-. The summed E-state index contributed by atoms with van der Waals surface area (Å²) < 4.78 is 0. The van der Waals surface area contributed by atoms with E-state index in [1.807, 2.05) is 6.92 Å². The van der Waals surface area contributed by atoms with E-state index in [-0.39, 0.29) is 0 Å². The molecule has 0 rings (SSSR count). The van der Waals surface area contributed by atoms with Crippen LogP contribution in [0.4, 0.5) is 0 Å². The van der Waals surface area contributed by atoms with E-state index in [4.69, 9.17) is 5.73 Å². The Kier molecular flexibility index (Phi) is 4.73.